The van der Waals surface area contributed by atoms with Gasteiger partial charge in [-0.05, 0) is 31.2 Å². The van der Waals surface area contributed by atoms with Gasteiger partial charge < -0.3 is 10.3 Å². The van der Waals surface area contributed by atoms with Crippen molar-refractivity contribution in [3.63, 3.8) is 0 Å². The number of benzene rings is 1. The summed E-state index contributed by atoms with van der Waals surface area (Å²) in [6, 6.07) is 6.99. The van der Waals surface area contributed by atoms with Gasteiger partial charge in [0.25, 0.3) is 0 Å². The molecule has 14 heavy (non-hydrogen) atoms. The van der Waals surface area contributed by atoms with Gasteiger partial charge in [-0.25, -0.2) is 4.39 Å². The normalized spacial score (nSPS) is 11.1. The summed E-state index contributed by atoms with van der Waals surface area (Å²) in [5.74, 6) is -0.165. The van der Waals surface area contributed by atoms with E-state index in [2.05, 4.69) is 0 Å². The van der Waals surface area contributed by atoms with Crippen LogP contribution >= 0.6 is 0 Å². The van der Waals surface area contributed by atoms with Crippen molar-refractivity contribution in [2.24, 2.45) is 12.8 Å². The summed E-state index contributed by atoms with van der Waals surface area (Å²) in [7, 11) is 1.94. The molecule has 0 saturated heterocycles. The van der Waals surface area contributed by atoms with Crippen LogP contribution in [0.3, 0.4) is 0 Å². The number of nitrogens with zero attached hydrogens (tertiary/aromatic N) is 1. The number of nitrogens with two attached hydrogens (primary N) is 1. The molecule has 2 aromatic rings. The summed E-state index contributed by atoms with van der Waals surface area (Å²) in [5.41, 5.74) is 7.48. The lowest BCUT2D eigenvalue weighted by molar-refractivity contribution is 0.640. The molecule has 2 nitrogen and oxygen atoms in total. The fraction of sp³-hybridized carbons (Fsp3) is 0.273. The molecule has 0 fully saturated rings. The van der Waals surface area contributed by atoms with Gasteiger partial charge in [0.2, 0.25) is 0 Å². The van der Waals surface area contributed by atoms with Gasteiger partial charge >= 0.3 is 0 Å². The zero-order valence-corrected chi connectivity index (χ0v) is 8.13. The second-order valence-corrected chi connectivity index (χ2v) is 3.41. The fourth-order valence-electron chi connectivity index (χ4n) is 1.77. The number of aromatic nitrogens is 1. The maximum Gasteiger partial charge on any atom is 0.132 e. The maximum absolute atomic E-state index is 13.4. The fourth-order valence-corrected chi connectivity index (χ4v) is 1.77. The third-order valence-corrected chi connectivity index (χ3v) is 2.53. The average molecular weight is 192 g/mol. The van der Waals surface area contributed by atoms with E-state index in [1.165, 1.54) is 6.07 Å². The molecule has 0 bridgehead atoms. The monoisotopic (exact) mass is 192 g/mol. The van der Waals surface area contributed by atoms with Crippen molar-refractivity contribution in [3.8, 4) is 0 Å². The van der Waals surface area contributed by atoms with Crippen molar-refractivity contribution in [1.82, 2.24) is 4.57 Å². The second kappa shape index (κ2) is 3.42. The predicted octanol–water partition coefficient (Wildman–Crippen LogP) is 1.82. The molecular formula is C11H13FN2. The molecule has 0 unspecified atom stereocenters. The smallest absolute Gasteiger partial charge is 0.132 e. The first-order valence-electron chi connectivity index (χ1n) is 4.67. The Hall–Kier alpha value is -1.35. The predicted molar refractivity (Wildman–Crippen MR) is 55.6 cm³/mol. The molecule has 0 spiro atoms. The van der Waals surface area contributed by atoms with Crippen LogP contribution in [0, 0.1) is 5.82 Å². The van der Waals surface area contributed by atoms with Gasteiger partial charge in [-0.3, -0.25) is 0 Å². The molecule has 0 aliphatic heterocycles. The molecular weight excluding hydrogens is 179 g/mol. The molecule has 1 aromatic carbocycles. The van der Waals surface area contributed by atoms with E-state index in [0.29, 0.717) is 11.9 Å². The highest BCUT2D eigenvalue weighted by atomic mass is 19.1. The molecule has 1 aromatic heterocycles. The molecule has 74 valence electrons. The minimum absolute atomic E-state index is 0.165. The minimum Gasteiger partial charge on any atom is -0.348 e. The number of hydrogen-bond donors (Lipinski definition) is 1. The summed E-state index contributed by atoms with van der Waals surface area (Å²) < 4.78 is 15.4. The van der Waals surface area contributed by atoms with E-state index in [0.717, 1.165) is 17.6 Å². The lowest BCUT2D eigenvalue weighted by Crippen LogP contribution is -2.06. The molecule has 2 N–H and O–H groups in total. The zero-order chi connectivity index (χ0) is 10.1. The molecule has 0 atom stereocenters. The molecule has 0 aliphatic rings. The van der Waals surface area contributed by atoms with Gasteiger partial charge in [0, 0.05) is 18.1 Å². The quantitative estimate of drug-likeness (QED) is 0.773. The Balaban J connectivity index is 2.67. The lowest BCUT2D eigenvalue weighted by atomic mass is 10.2. The second-order valence-electron chi connectivity index (χ2n) is 3.41. The topological polar surface area (TPSA) is 30.9 Å². The van der Waals surface area contributed by atoms with Gasteiger partial charge in [0.05, 0.1) is 5.52 Å². The molecule has 0 radical (unpaired) electrons. The van der Waals surface area contributed by atoms with E-state index < -0.39 is 0 Å². The van der Waals surface area contributed by atoms with Crippen LogP contribution in [0.4, 0.5) is 4.39 Å². The third kappa shape index (κ3) is 1.30. The molecule has 0 aliphatic carbocycles. The van der Waals surface area contributed by atoms with E-state index in [1.54, 1.807) is 6.07 Å². The first-order chi connectivity index (χ1) is 6.74. The summed E-state index contributed by atoms with van der Waals surface area (Å²) >= 11 is 0. The number of aryl methyl sites for hydroxylation is 1. The van der Waals surface area contributed by atoms with Gasteiger partial charge in [0.15, 0.2) is 0 Å². The van der Waals surface area contributed by atoms with Crippen LogP contribution in [0.25, 0.3) is 10.9 Å². The third-order valence-electron chi connectivity index (χ3n) is 2.53. The standard InChI is InChI=1S/C11H13FN2/c1-14-8(5-6-13)7-9-10(12)3-2-4-11(9)14/h2-4,7H,5-6,13H2,1H3. The van der Waals surface area contributed by atoms with E-state index in [4.69, 9.17) is 5.73 Å². The van der Waals surface area contributed by atoms with E-state index in [-0.39, 0.29) is 5.82 Å². The van der Waals surface area contributed by atoms with Crippen molar-refractivity contribution in [2.75, 3.05) is 6.54 Å². The van der Waals surface area contributed by atoms with Crippen LogP contribution in [-0.4, -0.2) is 11.1 Å². The van der Waals surface area contributed by atoms with Crippen molar-refractivity contribution >= 4 is 10.9 Å². The van der Waals surface area contributed by atoms with Crippen molar-refractivity contribution in [2.45, 2.75) is 6.42 Å². The Morgan fingerprint density at radius 1 is 1.43 bits per heavy atom. The van der Waals surface area contributed by atoms with Crippen LogP contribution in [0.2, 0.25) is 0 Å². The van der Waals surface area contributed by atoms with Gasteiger partial charge in [-0.2, -0.15) is 0 Å². The SMILES string of the molecule is Cn1c(CCN)cc2c(F)cccc21. The Kier molecular flexibility index (Phi) is 2.25. The maximum atomic E-state index is 13.4. The molecule has 2 rings (SSSR count). The summed E-state index contributed by atoms with van der Waals surface area (Å²) in [6.07, 6.45) is 0.782. The van der Waals surface area contributed by atoms with E-state index in [1.807, 2.05) is 23.7 Å². The van der Waals surface area contributed by atoms with Gasteiger partial charge in [-0.15, -0.1) is 0 Å². The number of fused-ring (bicyclic) bond motifs is 1. The summed E-state index contributed by atoms with van der Waals surface area (Å²) in [5, 5.41) is 0.679. The van der Waals surface area contributed by atoms with Crippen LogP contribution < -0.4 is 5.73 Å². The zero-order valence-electron chi connectivity index (χ0n) is 8.13. The molecule has 3 heteroatoms. The first-order valence-corrected chi connectivity index (χ1v) is 4.67. The molecule has 0 saturated carbocycles. The Bertz CT molecular complexity index is 460. The Morgan fingerprint density at radius 2 is 2.21 bits per heavy atom. The average Bonchev–Trinajstić information content (AvgIpc) is 2.48. The van der Waals surface area contributed by atoms with E-state index >= 15 is 0 Å². The van der Waals surface area contributed by atoms with Crippen molar-refractivity contribution in [3.05, 3.63) is 35.8 Å². The van der Waals surface area contributed by atoms with Crippen molar-refractivity contribution in [1.29, 1.82) is 0 Å². The molecule has 1 heterocycles. The summed E-state index contributed by atoms with van der Waals surface area (Å²) in [6.45, 7) is 0.589. The largest absolute Gasteiger partial charge is 0.348 e. The van der Waals surface area contributed by atoms with Crippen LogP contribution in [-0.2, 0) is 13.5 Å². The van der Waals surface area contributed by atoms with Gasteiger partial charge in [0.1, 0.15) is 5.82 Å². The van der Waals surface area contributed by atoms with Crippen LogP contribution in [0.15, 0.2) is 24.3 Å². The number of halogens is 1. The van der Waals surface area contributed by atoms with Gasteiger partial charge in [-0.1, -0.05) is 6.07 Å². The summed E-state index contributed by atoms with van der Waals surface area (Å²) in [4.78, 5) is 0. The highest BCUT2D eigenvalue weighted by Gasteiger charge is 2.07. The lowest BCUT2D eigenvalue weighted by Gasteiger charge is -2.01. The minimum atomic E-state index is -0.165. The van der Waals surface area contributed by atoms with Crippen molar-refractivity contribution < 1.29 is 4.39 Å². The highest BCUT2D eigenvalue weighted by Crippen LogP contribution is 2.21. The Labute approximate surface area is 82.1 Å². The number of hydrogen-bond acceptors (Lipinski definition) is 1. The highest BCUT2D eigenvalue weighted by molar-refractivity contribution is 5.81. The van der Waals surface area contributed by atoms with Crippen LogP contribution in [0.1, 0.15) is 5.69 Å². The van der Waals surface area contributed by atoms with Crippen LogP contribution in [0.5, 0.6) is 0 Å². The number of rotatable bonds is 2. The van der Waals surface area contributed by atoms with E-state index in [9.17, 15) is 4.39 Å². The molecule has 0 amide bonds. The first kappa shape index (κ1) is 9.21. The Morgan fingerprint density at radius 3 is 2.86 bits per heavy atom.